The lowest BCUT2D eigenvalue weighted by Crippen LogP contribution is -2.30. The van der Waals surface area contributed by atoms with E-state index in [9.17, 15) is 0 Å². The van der Waals surface area contributed by atoms with E-state index in [1.165, 1.54) is 0 Å². The molecule has 0 aliphatic rings. The first kappa shape index (κ1) is 17.1. The quantitative estimate of drug-likeness (QED) is 0.416. The molecule has 0 aliphatic heterocycles. The number of nitrogens with one attached hydrogen (secondary N) is 1. The second kappa shape index (κ2) is 7.76. The molecular weight excluding hydrogens is 268 g/mol. The van der Waals surface area contributed by atoms with Crippen LogP contribution in [0.1, 0.15) is 33.1 Å². The molecule has 0 aromatic heterocycles. The molecule has 0 radical (unpaired) electrons. The van der Waals surface area contributed by atoms with E-state index < -0.39 is 0 Å². The SMILES string of the molecule is COc1cccc(OC)c1OCCCCC(C)(C)C(=N)N. The fraction of sp³-hybridized carbons (Fsp3) is 0.562. The minimum atomic E-state index is -0.248. The Balaban J connectivity index is 2.48. The van der Waals surface area contributed by atoms with Gasteiger partial charge in [-0.15, -0.1) is 0 Å². The summed E-state index contributed by atoms with van der Waals surface area (Å²) in [7, 11) is 3.22. The van der Waals surface area contributed by atoms with Crippen LogP contribution in [0.15, 0.2) is 18.2 Å². The first-order chi connectivity index (χ1) is 9.92. The van der Waals surface area contributed by atoms with Crippen LogP contribution in [0.2, 0.25) is 0 Å². The zero-order valence-electron chi connectivity index (χ0n) is 13.4. The van der Waals surface area contributed by atoms with Gasteiger partial charge in [0.2, 0.25) is 5.75 Å². The van der Waals surface area contributed by atoms with Crippen molar-refractivity contribution in [3.63, 3.8) is 0 Å². The van der Waals surface area contributed by atoms with Crippen molar-refractivity contribution in [3.8, 4) is 17.2 Å². The second-order valence-corrected chi connectivity index (χ2v) is 5.59. The standard InChI is InChI=1S/C16H26N2O3/c1-16(2,15(17)18)10-5-6-11-21-14-12(19-3)8-7-9-13(14)20-4/h7-9H,5-6,10-11H2,1-4H3,(H3,17,18). The van der Waals surface area contributed by atoms with Crippen molar-refractivity contribution in [3.05, 3.63) is 18.2 Å². The number of benzene rings is 1. The fourth-order valence-corrected chi connectivity index (χ4v) is 1.94. The van der Waals surface area contributed by atoms with Crippen LogP contribution < -0.4 is 19.9 Å². The van der Waals surface area contributed by atoms with Crippen LogP contribution in [0.25, 0.3) is 0 Å². The van der Waals surface area contributed by atoms with Crippen molar-refractivity contribution in [2.24, 2.45) is 11.1 Å². The average Bonchev–Trinajstić information content (AvgIpc) is 2.46. The fourth-order valence-electron chi connectivity index (χ4n) is 1.94. The van der Waals surface area contributed by atoms with Crippen molar-refractivity contribution in [2.75, 3.05) is 20.8 Å². The summed E-state index contributed by atoms with van der Waals surface area (Å²) in [6.07, 6.45) is 2.71. The molecule has 0 bridgehead atoms. The van der Waals surface area contributed by atoms with E-state index in [-0.39, 0.29) is 11.3 Å². The molecule has 0 saturated heterocycles. The largest absolute Gasteiger partial charge is 0.493 e. The molecule has 0 atom stereocenters. The molecule has 0 heterocycles. The molecule has 0 fully saturated rings. The summed E-state index contributed by atoms with van der Waals surface area (Å²) in [5.74, 6) is 2.19. The molecule has 0 amide bonds. The van der Waals surface area contributed by atoms with Gasteiger partial charge in [-0.1, -0.05) is 19.9 Å². The van der Waals surface area contributed by atoms with Gasteiger partial charge in [0.25, 0.3) is 0 Å². The highest BCUT2D eigenvalue weighted by Gasteiger charge is 2.20. The van der Waals surface area contributed by atoms with Gasteiger partial charge >= 0.3 is 0 Å². The third kappa shape index (κ3) is 4.85. The molecule has 0 unspecified atom stereocenters. The average molecular weight is 294 g/mol. The van der Waals surface area contributed by atoms with E-state index in [4.69, 9.17) is 25.4 Å². The lowest BCUT2D eigenvalue weighted by atomic mass is 9.86. The summed E-state index contributed by atoms with van der Waals surface area (Å²) in [6, 6.07) is 5.55. The minimum absolute atomic E-state index is 0.231. The predicted molar refractivity (Wildman–Crippen MR) is 84.6 cm³/mol. The van der Waals surface area contributed by atoms with Gasteiger partial charge in [-0.05, 0) is 31.4 Å². The monoisotopic (exact) mass is 294 g/mol. The summed E-state index contributed by atoms with van der Waals surface area (Å²) < 4.78 is 16.4. The molecule has 5 heteroatoms. The van der Waals surface area contributed by atoms with Crippen molar-refractivity contribution in [1.82, 2.24) is 0 Å². The van der Waals surface area contributed by atoms with Crippen molar-refractivity contribution < 1.29 is 14.2 Å². The number of hydrogen-bond donors (Lipinski definition) is 2. The molecule has 0 aliphatic carbocycles. The molecule has 118 valence electrons. The number of unbranched alkanes of at least 4 members (excludes halogenated alkanes) is 1. The topological polar surface area (TPSA) is 77.6 Å². The second-order valence-electron chi connectivity index (χ2n) is 5.59. The van der Waals surface area contributed by atoms with E-state index in [1.807, 2.05) is 32.0 Å². The van der Waals surface area contributed by atoms with Crippen molar-refractivity contribution >= 4 is 5.84 Å². The molecule has 0 saturated carbocycles. The Morgan fingerprint density at radius 3 is 2.19 bits per heavy atom. The van der Waals surface area contributed by atoms with Gasteiger partial charge in [0.1, 0.15) is 0 Å². The zero-order chi connectivity index (χ0) is 15.9. The Morgan fingerprint density at radius 2 is 1.71 bits per heavy atom. The maximum absolute atomic E-state index is 7.53. The molecule has 5 nitrogen and oxygen atoms in total. The number of amidine groups is 1. The molecule has 1 rings (SSSR count). The minimum Gasteiger partial charge on any atom is -0.493 e. The van der Waals surface area contributed by atoms with Crippen LogP contribution >= 0.6 is 0 Å². The van der Waals surface area contributed by atoms with E-state index in [0.717, 1.165) is 19.3 Å². The number of para-hydroxylation sites is 1. The van der Waals surface area contributed by atoms with Gasteiger partial charge in [-0.3, -0.25) is 5.41 Å². The predicted octanol–water partition coefficient (Wildman–Crippen LogP) is 3.22. The Kier molecular flexibility index (Phi) is 6.34. The van der Waals surface area contributed by atoms with E-state index >= 15 is 0 Å². The third-order valence-electron chi connectivity index (χ3n) is 3.55. The van der Waals surface area contributed by atoms with Gasteiger partial charge < -0.3 is 19.9 Å². The first-order valence-corrected chi connectivity index (χ1v) is 7.10. The number of methoxy groups -OCH3 is 2. The van der Waals surface area contributed by atoms with Crippen molar-refractivity contribution in [2.45, 2.75) is 33.1 Å². The van der Waals surface area contributed by atoms with Crippen molar-refractivity contribution in [1.29, 1.82) is 5.41 Å². The highest BCUT2D eigenvalue weighted by molar-refractivity contribution is 5.82. The van der Waals surface area contributed by atoms with Crippen LogP contribution in [0.4, 0.5) is 0 Å². The van der Waals surface area contributed by atoms with Crippen LogP contribution in [-0.2, 0) is 0 Å². The summed E-state index contributed by atoms with van der Waals surface area (Å²) in [5.41, 5.74) is 5.32. The van der Waals surface area contributed by atoms with Crippen LogP contribution in [0.5, 0.6) is 17.2 Å². The summed E-state index contributed by atoms with van der Waals surface area (Å²) >= 11 is 0. The zero-order valence-corrected chi connectivity index (χ0v) is 13.4. The Morgan fingerprint density at radius 1 is 1.14 bits per heavy atom. The van der Waals surface area contributed by atoms with E-state index in [0.29, 0.717) is 23.9 Å². The Bertz CT molecular complexity index is 450. The van der Waals surface area contributed by atoms with Crippen LogP contribution in [0, 0.1) is 10.8 Å². The Labute approximate surface area is 126 Å². The van der Waals surface area contributed by atoms with Gasteiger partial charge in [0, 0.05) is 5.41 Å². The summed E-state index contributed by atoms with van der Waals surface area (Å²) in [5, 5.41) is 7.53. The molecule has 0 spiro atoms. The number of ether oxygens (including phenoxy) is 3. The maximum Gasteiger partial charge on any atom is 0.203 e. The number of hydrogen-bond acceptors (Lipinski definition) is 4. The van der Waals surface area contributed by atoms with Gasteiger partial charge in [0.05, 0.1) is 26.7 Å². The van der Waals surface area contributed by atoms with Crippen LogP contribution in [-0.4, -0.2) is 26.7 Å². The smallest absolute Gasteiger partial charge is 0.203 e. The lowest BCUT2D eigenvalue weighted by molar-refractivity contribution is 0.263. The highest BCUT2D eigenvalue weighted by atomic mass is 16.5. The maximum atomic E-state index is 7.53. The number of nitrogens with two attached hydrogens (primary N) is 1. The molecule has 1 aromatic carbocycles. The normalized spacial score (nSPS) is 11.0. The summed E-state index contributed by atoms with van der Waals surface area (Å²) in [4.78, 5) is 0. The third-order valence-corrected chi connectivity index (χ3v) is 3.55. The summed E-state index contributed by atoms with van der Waals surface area (Å²) in [6.45, 7) is 4.55. The van der Waals surface area contributed by atoms with Gasteiger partial charge in [-0.2, -0.15) is 0 Å². The van der Waals surface area contributed by atoms with Crippen LogP contribution in [0.3, 0.4) is 0 Å². The van der Waals surface area contributed by atoms with E-state index in [1.54, 1.807) is 14.2 Å². The highest BCUT2D eigenvalue weighted by Crippen LogP contribution is 2.36. The number of rotatable bonds is 9. The van der Waals surface area contributed by atoms with Gasteiger partial charge in [-0.25, -0.2) is 0 Å². The molecule has 3 N–H and O–H groups in total. The Hall–Kier alpha value is -1.91. The molecule has 21 heavy (non-hydrogen) atoms. The molecule has 1 aromatic rings. The van der Waals surface area contributed by atoms with Gasteiger partial charge in [0.15, 0.2) is 11.5 Å². The molecular formula is C16H26N2O3. The van der Waals surface area contributed by atoms with E-state index in [2.05, 4.69) is 0 Å². The first-order valence-electron chi connectivity index (χ1n) is 7.10. The lowest BCUT2D eigenvalue weighted by Gasteiger charge is -2.22.